The van der Waals surface area contributed by atoms with Gasteiger partial charge in [-0.25, -0.2) is 0 Å². The van der Waals surface area contributed by atoms with Gasteiger partial charge >= 0.3 is 0 Å². The van der Waals surface area contributed by atoms with E-state index in [1.165, 1.54) is 10.1 Å². The van der Waals surface area contributed by atoms with Gasteiger partial charge in [0, 0.05) is 4.70 Å². The summed E-state index contributed by atoms with van der Waals surface area (Å²) in [6.45, 7) is 1.56. The summed E-state index contributed by atoms with van der Waals surface area (Å²) >= 11 is 1.72. The van der Waals surface area contributed by atoms with Crippen molar-refractivity contribution in [3.63, 3.8) is 0 Å². The smallest absolute Gasteiger partial charge is 0.152 e. The average molecular weight is 202 g/mol. The Kier molecular flexibility index (Phi) is 2.46. The number of fused-ring (bicyclic) bond motifs is 1. The van der Waals surface area contributed by atoms with Gasteiger partial charge in [-0.2, -0.15) is 0 Å². The van der Waals surface area contributed by atoms with E-state index in [1.54, 1.807) is 24.3 Å². The number of allylic oxidation sites excluding steroid dienone is 1. The fraction of sp³-hybridized carbons (Fsp3) is 0.0833. The molecule has 0 saturated heterocycles. The van der Waals surface area contributed by atoms with Crippen LogP contribution in [0.15, 0.2) is 35.7 Å². The van der Waals surface area contributed by atoms with E-state index >= 15 is 0 Å². The second kappa shape index (κ2) is 3.76. The summed E-state index contributed by atoms with van der Waals surface area (Å²) in [5.74, 6) is 0.0808. The van der Waals surface area contributed by atoms with E-state index in [0.717, 1.165) is 5.56 Å². The lowest BCUT2D eigenvalue weighted by atomic mass is 10.1. The zero-order valence-electron chi connectivity index (χ0n) is 7.86. The fourth-order valence-electron chi connectivity index (χ4n) is 1.37. The Morgan fingerprint density at radius 3 is 3.00 bits per heavy atom. The molecule has 0 spiro atoms. The first-order valence-electron chi connectivity index (χ1n) is 4.42. The summed E-state index contributed by atoms with van der Waals surface area (Å²) in [5.41, 5.74) is 1.11. The molecule has 0 radical (unpaired) electrons. The van der Waals surface area contributed by atoms with Crippen LogP contribution in [0.25, 0.3) is 16.2 Å². The lowest BCUT2D eigenvalue weighted by Crippen LogP contribution is -1.80. The van der Waals surface area contributed by atoms with E-state index in [4.69, 9.17) is 0 Å². The lowest BCUT2D eigenvalue weighted by Gasteiger charge is -1.95. The van der Waals surface area contributed by atoms with E-state index in [0.29, 0.717) is 0 Å². The molecule has 0 saturated carbocycles. The Balaban J connectivity index is 2.51. The Bertz CT molecular complexity index is 494. The minimum absolute atomic E-state index is 0.0808. The highest BCUT2D eigenvalue weighted by Crippen LogP contribution is 2.24. The van der Waals surface area contributed by atoms with Crippen LogP contribution in [0.5, 0.6) is 0 Å². The molecule has 0 amide bonds. The normalized spacial score (nSPS) is 11.2. The highest BCUT2D eigenvalue weighted by molar-refractivity contribution is 7.17. The molecule has 1 aromatic heterocycles. The van der Waals surface area contributed by atoms with Crippen LogP contribution in [0.2, 0.25) is 0 Å². The third-order valence-corrected chi connectivity index (χ3v) is 2.91. The van der Waals surface area contributed by atoms with Crippen molar-refractivity contribution in [3.8, 4) is 0 Å². The lowest BCUT2D eigenvalue weighted by molar-refractivity contribution is -0.112. The zero-order valence-corrected chi connectivity index (χ0v) is 8.67. The van der Waals surface area contributed by atoms with Gasteiger partial charge in [0.15, 0.2) is 5.78 Å². The number of carbonyl (C=O) groups excluding carboxylic acids is 1. The number of benzene rings is 1. The standard InChI is InChI=1S/C12H10OS/c1-9(13)5-6-10-3-2-4-12-11(10)7-8-14-12/h2-8H,1H3/b6-5+. The largest absolute Gasteiger partial charge is 0.295 e. The summed E-state index contributed by atoms with van der Waals surface area (Å²) in [6, 6.07) is 8.21. The average Bonchev–Trinajstić information content (AvgIpc) is 2.62. The minimum Gasteiger partial charge on any atom is -0.295 e. The summed E-state index contributed by atoms with van der Waals surface area (Å²) in [5, 5.41) is 3.28. The molecular weight excluding hydrogens is 192 g/mol. The first kappa shape index (κ1) is 9.16. The van der Waals surface area contributed by atoms with E-state index < -0.39 is 0 Å². The van der Waals surface area contributed by atoms with Gasteiger partial charge in [0.1, 0.15) is 0 Å². The van der Waals surface area contributed by atoms with Gasteiger partial charge in [0.25, 0.3) is 0 Å². The van der Waals surface area contributed by atoms with Crippen LogP contribution < -0.4 is 0 Å². The molecular formula is C12H10OS. The number of ketones is 1. The molecule has 0 aliphatic carbocycles. The predicted octanol–water partition coefficient (Wildman–Crippen LogP) is 3.50. The van der Waals surface area contributed by atoms with Crippen molar-refractivity contribution in [1.29, 1.82) is 0 Å². The summed E-state index contributed by atoms with van der Waals surface area (Å²) in [7, 11) is 0. The Labute approximate surface area is 86.7 Å². The number of hydrogen-bond acceptors (Lipinski definition) is 2. The molecule has 2 aromatic rings. The quantitative estimate of drug-likeness (QED) is 0.681. The van der Waals surface area contributed by atoms with E-state index in [1.807, 2.05) is 18.2 Å². The molecule has 0 atom stereocenters. The second-order valence-corrected chi connectivity index (χ2v) is 4.07. The van der Waals surface area contributed by atoms with Crippen molar-refractivity contribution >= 4 is 33.3 Å². The summed E-state index contributed by atoms with van der Waals surface area (Å²) in [6.07, 6.45) is 3.48. The molecule has 0 N–H and O–H groups in total. The molecule has 0 unspecified atom stereocenters. The third kappa shape index (κ3) is 1.75. The van der Waals surface area contributed by atoms with Gasteiger partial charge in [-0.3, -0.25) is 4.79 Å². The predicted molar refractivity (Wildman–Crippen MR) is 61.5 cm³/mol. The van der Waals surface area contributed by atoms with Crippen LogP contribution in [0.4, 0.5) is 0 Å². The summed E-state index contributed by atoms with van der Waals surface area (Å²) in [4.78, 5) is 10.8. The van der Waals surface area contributed by atoms with Crippen LogP contribution >= 0.6 is 11.3 Å². The van der Waals surface area contributed by atoms with Crippen molar-refractivity contribution < 1.29 is 4.79 Å². The van der Waals surface area contributed by atoms with Crippen LogP contribution in [0.3, 0.4) is 0 Å². The Morgan fingerprint density at radius 1 is 1.36 bits per heavy atom. The van der Waals surface area contributed by atoms with Gasteiger partial charge in [-0.05, 0) is 41.5 Å². The fourth-order valence-corrected chi connectivity index (χ4v) is 2.19. The molecule has 0 aliphatic heterocycles. The highest BCUT2D eigenvalue weighted by atomic mass is 32.1. The van der Waals surface area contributed by atoms with Gasteiger partial charge in [-0.15, -0.1) is 11.3 Å². The van der Waals surface area contributed by atoms with E-state index in [2.05, 4.69) is 17.5 Å². The first-order chi connectivity index (χ1) is 6.77. The first-order valence-corrected chi connectivity index (χ1v) is 5.30. The highest BCUT2D eigenvalue weighted by Gasteiger charge is 1.97. The van der Waals surface area contributed by atoms with Crippen molar-refractivity contribution in [2.75, 3.05) is 0 Å². The zero-order chi connectivity index (χ0) is 9.97. The molecule has 1 nitrogen and oxygen atoms in total. The maximum atomic E-state index is 10.8. The van der Waals surface area contributed by atoms with Crippen LogP contribution in [-0.2, 0) is 4.79 Å². The van der Waals surface area contributed by atoms with Crippen molar-refractivity contribution in [3.05, 3.63) is 41.3 Å². The molecule has 1 heterocycles. The number of carbonyl (C=O) groups is 1. The van der Waals surface area contributed by atoms with Crippen molar-refractivity contribution in [1.82, 2.24) is 0 Å². The van der Waals surface area contributed by atoms with Crippen LogP contribution in [0, 0.1) is 0 Å². The molecule has 2 heteroatoms. The van der Waals surface area contributed by atoms with Crippen molar-refractivity contribution in [2.45, 2.75) is 6.92 Å². The maximum absolute atomic E-state index is 10.8. The van der Waals surface area contributed by atoms with Gasteiger partial charge in [0.05, 0.1) is 0 Å². The van der Waals surface area contributed by atoms with E-state index in [9.17, 15) is 4.79 Å². The van der Waals surface area contributed by atoms with Crippen molar-refractivity contribution in [2.24, 2.45) is 0 Å². The van der Waals surface area contributed by atoms with Gasteiger partial charge in [-0.1, -0.05) is 18.2 Å². The Morgan fingerprint density at radius 2 is 2.21 bits per heavy atom. The molecule has 2 rings (SSSR count). The number of rotatable bonds is 2. The maximum Gasteiger partial charge on any atom is 0.152 e. The van der Waals surface area contributed by atoms with Gasteiger partial charge < -0.3 is 0 Å². The minimum atomic E-state index is 0.0808. The molecule has 1 aromatic carbocycles. The molecule has 0 aliphatic rings. The van der Waals surface area contributed by atoms with Gasteiger partial charge in [0.2, 0.25) is 0 Å². The Hall–Kier alpha value is -1.41. The third-order valence-electron chi connectivity index (χ3n) is 2.03. The second-order valence-electron chi connectivity index (χ2n) is 3.12. The molecule has 70 valence electrons. The van der Waals surface area contributed by atoms with Crippen LogP contribution in [0.1, 0.15) is 12.5 Å². The monoisotopic (exact) mass is 202 g/mol. The topological polar surface area (TPSA) is 17.1 Å². The SMILES string of the molecule is CC(=O)/C=C/c1cccc2sccc12. The molecule has 0 fully saturated rings. The summed E-state index contributed by atoms with van der Waals surface area (Å²) < 4.78 is 1.26. The molecule has 0 bridgehead atoms. The van der Waals surface area contributed by atoms with Crippen LogP contribution in [-0.4, -0.2) is 5.78 Å². The number of hydrogen-bond donors (Lipinski definition) is 0. The number of thiophene rings is 1. The molecule has 14 heavy (non-hydrogen) atoms. The van der Waals surface area contributed by atoms with E-state index in [-0.39, 0.29) is 5.78 Å².